The van der Waals surface area contributed by atoms with Crippen LogP contribution in [0.15, 0.2) is 36.9 Å². The summed E-state index contributed by atoms with van der Waals surface area (Å²) in [7, 11) is 0. The summed E-state index contributed by atoms with van der Waals surface area (Å²) in [6.45, 7) is 8.45. The number of ether oxygens (including phenoxy) is 2. The second-order valence-electron chi connectivity index (χ2n) is 17.3. The van der Waals surface area contributed by atoms with E-state index in [0.717, 1.165) is 32.1 Å². The van der Waals surface area contributed by atoms with Crippen LogP contribution in [0.1, 0.15) is 87.2 Å². The zero-order chi connectivity index (χ0) is 53.0. The molecule has 0 amide bonds. The third-order valence-electron chi connectivity index (χ3n) is 12.2. The molecule has 0 aromatic carbocycles. The van der Waals surface area contributed by atoms with Crippen LogP contribution in [-0.4, -0.2) is 156 Å². The van der Waals surface area contributed by atoms with Gasteiger partial charge in [0.2, 0.25) is 0 Å². The van der Waals surface area contributed by atoms with Crippen molar-refractivity contribution in [3.8, 4) is 0 Å². The van der Waals surface area contributed by atoms with Gasteiger partial charge >= 0.3 is 31.6 Å². The zero-order valence-electron chi connectivity index (χ0n) is 47.9. The number of aromatic nitrogens is 4. The van der Waals surface area contributed by atoms with Crippen LogP contribution in [0.2, 0.25) is 0 Å². The van der Waals surface area contributed by atoms with E-state index in [1.807, 2.05) is 32.9 Å². The Hall–Kier alpha value is -7.09. The number of carbonyl (C=O) groups excluding carboxylic acids is 7. The van der Waals surface area contributed by atoms with Gasteiger partial charge in [0.1, 0.15) is 6.61 Å². The Morgan fingerprint density at radius 3 is 1.49 bits per heavy atom. The summed E-state index contributed by atoms with van der Waals surface area (Å²) < 4.78 is 11.6. The molecule has 1 atom stereocenters. The van der Waals surface area contributed by atoms with Crippen molar-refractivity contribution >= 4 is 86.1 Å². The fourth-order valence-corrected chi connectivity index (χ4v) is 8.54. The van der Waals surface area contributed by atoms with Crippen LogP contribution in [0.3, 0.4) is 0 Å². The smallest absolute Gasteiger partial charge is 0.870 e. The van der Waals surface area contributed by atoms with Crippen molar-refractivity contribution in [1.29, 1.82) is 0 Å². The van der Waals surface area contributed by atoms with Gasteiger partial charge in [-0.05, 0) is 77.5 Å². The maximum atomic E-state index is 13.0. The van der Waals surface area contributed by atoms with Gasteiger partial charge in [0.05, 0.1) is 65.9 Å². The molecular formula is C50H62MnN7O17. The molecule has 24 nitrogen and oxygen atoms in total. The Morgan fingerprint density at radius 2 is 1.03 bits per heavy atom. The number of hydrogen-bond donors (Lipinski definition) is 0. The van der Waals surface area contributed by atoms with E-state index in [1.54, 1.807) is 32.1 Å². The molecule has 25 heteroatoms. The fraction of sp³-hybridized carbons (Fsp3) is 0.420. The van der Waals surface area contributed by atoms with Crippen molar-refractivity contribution in [2.45, 2.75) is 66.4 Å². The molecule has 406 valence electrons. The van der Waals surface area contributed by atoms with Gasteiger partial charge in [0, 0.05) is 75.4 Å². The summed E-state index contributed by atoms with van der Waals surface area (Å²) in [4.78, 5) is 105. The number of hydrogen-bond acceptors (Lipinski definition) is 21. The number of allylic oxidation sites excluding steroid dienone is 4. The molecule has 8 bridgehead atoms. The molecule has 0 saturated carbocycles. The Labute approximate surface area is 450 Å². The number of fused-ring (bicyclic) bond motifs is 8. The molecule has 0 saturated heterocycles. The fourth-order valence-electron chi connectivity index (χ4n) is 8.54. The molecule has 1 unspecified atom stereocenters. The summed E-state index contributed by atoms with van der Waals surface area (Å²) in [5.74, 6) is -9.56. The molecule has 0 aliphatic carbocycles. The van der Waals surface area contributed by atoms with E-state index < -0.39 is 80.6 Å². The molecule has 0 spiro atoms. The normalized spacial score (nSPS) is 12.5. The largest absolute Gasteiger partial charge is 3.00 e. The summed E-state index contributed by atoms with van der Waals surface area (Å²) >= 11 is 0. The van der Waals surface area contributed by atoms with E-state index in [4.69, 9.17) is 29.4 Å². The number of aryl methyl sites for hydroxylation is 4. The van der Waals surface area contributed by atoms with E-state index in [0.29, 0.717) is 67.1 Å². The van der Waals surface area contributed by atoms with Crippen molar-refractivity contribution in [3.05, 3.63) is 81.9 Å². The topological polar surface area (TPSA) is 402 Å². The van der Waals surface area contributed by atoms with Crippen LogP contribution >= 0.6 is 0 Å². The molecule has 5 rings (SSSR count). The van der Waals surface area contributed by atoms with E-state index >= 15 is 0 Å². The van der Waals surface area contributed by atoms with E-state index in [-0.39, 0.29) is 102 Å². The average molecular weight is 1090 g/mol. The van der Waals surface area contributed by atoms with Crippen molar-refractivity contribution < 1.29 is 110 Å². The first kappa shape index (κ1) is 64.0. The first-order chi connectivity index (χ1) is 34.0. The minimum absolute atomic E-state index is 0. The van der Waals surface area contributed by atoms with Gasteiger partial charge in [-0.25, -0.2) is 9.97 Å². The number of aliphatic carboxylic acids is 6. The van der Waals surface area contributed by atoms with Gasteiger partial charge in [-0.15, -0.1) is 22.1 Å². The van der Waals surface area contributed by atoms with Gasteiger partial charge in [-0.3, -0.25) is 19.5 Å². The monoisotopic (exact) mass is 1090 g/mol. The van der Waals surface area contributed by atoms with Crippen molar-refractivity contribution in [1.82, 2.24) is 34.6 Å². The van der Waals surface area contributed by atoms with Crippen LogP contribution in [-0.2, 0) is 72.9 Å². The minimum atomic E-state index is -1.57. The maximum absolute atomic E-state index is 13.0. The van der Waals surface area contributed by atoms with Crippen molar-refractivity contribution in [2.75, 3.05) is 72.1 Å². The van der Waals surface area contributed by atoms with Gasteiger partial charge in [0.25, 0.3) is 0 Å². The quantitative estimate of drug-likeness (QED) is 0.0374. The molecule has 3 aromatic heterocycles. The Morgan fingerprint density at radius 1 is 0.600 bits per heavy atom. The second-order valence-corrected chi connectivity index (χ2v) is 17.3. The number of esters is 1. The van der Waals surface area contributed by atoms with Crippen molar-refractivity contribution in [2.24, 2.45) is 0 Å². The second kappa shape index (κ2) is 29.1. The SMILES string of the molecule is C=CC1=C(C)c2cc3[n-]c(cc4[n-]c(cc5nc(cc1n2)C(C)=C5C(C)OCCOC(=O)CN(CCN(CCN(CC(=O)[O-])CC(=O)[O-])CC(=O)[O-])CC(=O)[O-])c(C)c4CCC(=O)[O-])c(CCC(=O)[O-])c3C.O.[H+].[H+].[H+].[H+].[H+].[H+].[Mn+3].[OH-]. The predicted molar refractivity (Wildman–Crippen MR) is 258 cm³/mol. The van der Waals surface area contributed by atoms with Gasteiger partial charge in [-0.2, -0.15) is 0 Å². The molecule has 2 aliphatic rings. The Bertz CT molecular complexity index is 2890. The summed E-state index contributed by atoms with van der Waals surface area (Å²) in [5.41, 5.74) is 9.64. The molecule has 0 radical (unpaired) electrons. The predicted octanol–water partition coefficient (Wildman–Crippen LogP) is -4.87. The van der Waals surface area contributed by atoms with Crippen LogP contribution in [0.25, 0.3) is 44.4 Å². The number of nitrogens with zero attached hydrogens (tertiary/aromatic N) is 7. The zero-order valence-corrected chi connectivity index (χ0v) is 43.0. The number of carbonyl (C=O) groups is 7. The van der Waals surface area contributed by atoms with Crippen LogP contribution in [0.5, 0.6) is 0 Å². The number of carboxylic acids is 6. The van der Waals surface area contributed by atoms with E-state index in [9.17, 15) is 64.2 Å². The maximum Gasteiger partial charge on any atom is 3.00 e. The summed E-state index contributed by atoms with van der Waals surface area (Å²) in [6.07, 6.45) is 0.611. The van der Waals surface area contributed by atoms with Gasteiger partial charge in [-0.1, -0.05) is 53.1 Å². The van der Waals surface area contributed by atoms with Crippen LogP contribution < -0.4 is 40.6 Å². The Kier molecular flexibility index (Phi) is 24.9. The first-order valence-electron chi connectivity index (χ1n) is 22.9. The molecule has 3 aromatic rings. The molecule has 5 heterocycles. The van der Waals surface area contributed by atoms with Crippen LogP contribution in [0, 0.1) is 13.8 Å². The number of rotatable bonds is 28. The molecule has 2 aliphatic heterocycles. The summed E-state index contributed by atoms with van der Waals surface area (Å²) in [6, 6.07) is 7.09. The summed E-state index contributed by atoms with van der Waals surface area (Å²) in [5, 5.41) is 68.6. The molecule has 0 fully saturated rings. The van der Waals surface area contributed by atoms with Gasteiger partial charge < -0.3 is 89.8 Å². The first-order valence-corrected chi connectivity index (χ1v) is 22.9. The molecule has 75 heavy (non-hydrogen) atoms. The third kappa shape index (κ3) is 17.8. The van der Waals surface area contributed by atoms with E-state index in [2.05, 4.69) is 6.58 Å². The van der Waals surface area contributed by atoms with Gasteiger partial charge in [0.15, 0.2) is 0 Å². The molecular weight excluding hydrogens is 1030 g/mol. The van der Waals surface area contributed by atoms with E-state index in [1.165, 1.54) is 4.90 Å². The average Bonchev–Trinajstić information content (AvgIpc) is 3.95. The Balaban J connectivity index is -0.00000214. The molecule has 3 N–H and O–H groups in total. The van der Waals surface area contributed by atoms with Crippen molar-refractivity contribution in [3.63, 3.8) is 0 Å². The standard InChI is InChI=1S/C50H61N7O15.Mn.2H2O/c1-7-32-27(2)35-18-36-28(3)33(8-10-43(58)59)40(52-36)21-41-34(9-11-44(60)61)29(4)37(53-41)20-42-50(30(5)38(54-42)19-39(32)51-35)31(6)71-16-17-72-49(70)26-57(25-48(68)69)15-13-55(22-45(62)63)12-14-56(23-46(64)65)24-47(66)67;;;/h7,18-21,31H,1,8-17,22-26H2,2-6H3,(H8,51,52,53,54,58,59,60,61,62,63,64,65,66,67,68,69);;2*1H2/q;+3;;/p-3. The number of carboxylic acid groups (broad SMARTS) is 6. The third-order valence-corrected chi connectivity index (χ3v) is 12.2. The van der Waals surface area contributed by atoms with Crippen LogP contribution in [0.4, 0.5) is 0 Å². The minimum Gasteiger partial charge on any atom is -0.870 e.